The second-order valence-electron chi connectivity index (χ2n) is 5.77. The van der Waals surface area contributed by atoms with E-state index < -0.39 is 11.9 Å². The molecule has 0 atom stereocenters. The van der Waals surface area contributed by atoms with Gasteiger partial charge in [-0.05, 0) is 36.4 Å². The predicted octanol–water partition coefficient (Wildman–Crippen LogP) is 4.39. The molecule has 0 aliphatic rings. The van der Waals surface area contributed by atoms with E-state index in [4.69, 9.17) is 27.9 Å². The predicted molar refractivity (Wildman–Crippen MR) is 113 cm³/mol. The van der Waals surface area contributed by atoms with Gasteiger partial charge in [-0.25, -0.2) is 9.59 Å². The maximum absolute atomic E-state index is 11.9. The number of carbonyl (C=O) groups excluding carboxylic acids is 3. The lowest BCUT2D eigenvalue weighted by Crippen LogP contribution is -2.15. The number of ether oxygens (including phenoxy) is 3. The molecule has 0 fully saturated rings. The van der Waals surface area contributed by atoms with Crippen LogP contribution < -0.4 is 15.4 Å². The van der Waals surface area contributed by atoms with Crippen molar-refractivity contribution in [2.75, 3.05) is 24.9 Å². The fourth-order valence-corrected chi connectivity index (χ4v) is 2.81. The van der Waals surface area contributed by atoms with Crippen molar-refractivity contribution in [1.82, 2.24) is 0 Å². The van der Waals surface area contributed by atoms with Gasteiger partial charge in [-0.15, -0.1) is 0 Å². The van der Waals surface area contributed by atoms with E-state index in [9.17, 15) is 14.4 Å². The second kappa shape index (κ2) is 10.5. The van der Waals surface area contributed by atoms with Crippen LogP contribution in [0, 0.1) is 0 Å². The first-order valence-electron chi connectivity index (χ1n) is 8.43. The number of rotatable bonds is 7. The molecule has 0 aromatic heterocycles. The summed E-state index contributed by atoms with van der Waals surface area (Å²) in [7, 11) is 2.35. The Labute approximate surface area is 182 Å². The van der Waals surface area contributed by atoms with Crippen LogP contribution in [-0.4, -0.2) is 32.1 Å². The van der Waals surface area contributed by atoms with Crippen LogP contribution in [0.4, 0.5) is 11.4 Å². The van der Waals surface area contributed by atoms with Gasteiger partial charge in [0, 0.05) is 18.3 Å². The van der Waals surface area contributed by atoms with Crippen molar-refractivity contribution in [1.29, 1.82) is 0 Å². The van der Waals surface area contributed by atoms with Crippen LogP contribution in [0.15, 0.2) is 48.2 Å². The fourth-order valence-electron chi connectivity index (χ4n) is 2.25. The molecule has 2 aromatic carbocycles. The van der Waals surface area contributed by atoms with E-state index in [1.807, 2.05) is 0 Å². The molecule has 8 nitrogen and oxygen atoms in total. The first-order chi connectivity index (χ1) is 14.2. The molecule has 0 bridgehead atoms. The molecule has 30 heavy (non-hydrogen) atoms. The number of carbonyl (C=O) groups is 3. The summed E-state index contributed by atoms with van der Waals surface area (Å²) in [5.74, 6) is -1.09. The number of methoxy groups -OCH3 is 2. The highest BCUT2D eigenvalue weighted by Crippen LogP contribution is 2.39. The van der Waals surface area contributed by atoms with Gasteiger partial charge >= 0.3 is 11.9 Å². The molecule has 10 heteroatoms. The smallest absolute Gasteiger partial charge is 0.354 e. The number of nitrogens with one attached hydrogen (secondary N) is 2. The Hall–Kier alpha value is -3.23. The van der Waals surface area contributed by atoms with Gasteiger partial charge in [0.25, 0.3) is 0 Å². The maximum Gasteiger partial charge on any atom is 0.354 e. The van der Waals surface area contributed by atoms with E-state index >= 15 is 0 Å². The number of hydrogen-bond acceptors (Lipinski definition) is 7. The van der Waals surface area contributed by atoms with Gasteiger partial charge in [0.15, 0.2) is 5.75 Å². The summed E-state index contributed by atoms with van der Waals surface area (Å²) in [6, 6.07) is 9.52. The second-order valence-corrected chi connectivity index (χ2v) is 6.59. The van der Waals surface area contributed by atoms with E-state index in [0.717, 1.165) is 6.08 Å². The highest BCUT2D eigenvalue weighted by Gasteiger charge is 2.16. The zero-order valence-corrected chi connectivity index (χ0v) is 17.8. The third-order valence-corrected chi connectivity index (χ3v) is 4.10. The van der Waals surface area contributed by atoms with Crippen molar-refractivity contribution in [3.8, 4) is 11.5 Å². The van der Waals surface area contributed by atoms with Gasteiger partial charge in [0.05, 0.1) is 30.3 Å². The molecule has 0 heterocycles. The van der Waals surface area contributed by atoms with Gasteiger partial charge in [-0.2, -0.15) is 0 Å². The highest BCUT2D eigenvalue weighted by atomic mass is 35.5. The van der Waals surface area contributed by atoms with Crippen LogP contribution in [-0.2, 0) is 23.9 Å². The largest absolute Gasteiger partial charge is 0.466 e. The van der Waals surface area contributed by atoms with Crippen molar-refractivity contribution < 1.29 is 28.6 Å². The van der Waals surface area contributed by atoms with Crippen molar-refractivity contribution in [3.63, 3.8) is 0 Å². The molecule has 0 saturated carbocycles. The molecule has 2 N–H and O–H groups in total. The van der Waals surface area contributed by atoms with Crippen LogP contribution >= 0.6 is 23.2 Å². The van der Waals surface area contributed by atoms with Crippen molar-refractivity contribution >= 4 is 52.4 Å². The molecule has 0 spiro atoms. The quantitative estimate of drug-likeness (QED) is 0.474. The molecule has 2 rings (SSSR count). The van der Waals surface area contributed by atoms with Crippen LogP contribution in [0.1, 0.15) is 6.92 Å². The Morgan fingerprint density at radius 1 is 0.900 bits per heavy atom. The lowest BCUT2D eigenvalue weighted by atomic mass is 10.2. The average Bonchev–Trinajstić information content (AvgIpc) is 2.70. The van der Waals surface area contributed by atoms with Gasteiger partial charge in [0.1, 0.15) is 11.4 Å². The van der Waals surface area contributed by atoms with E-state index in [-0.39, 0.29) is 27.4 Å². The molecular formula is C20H18Cl2N2O6. The van der Waals surface area contributed by atoms with Crippen molar-refractivity contribution in [2.45, 2.75) is 6.92 Å². The van der Waals surface area contributed by atoms with Crippen LogP contribution in [0.3, 0.4) is 0 Å². The van der Waals surface area contributed by atoms with Crippen molar-refractivity contribution in [2.24, 2.45) is 0 Å². The molecule has 0 aliphatic heterocycles. The first kappa shape index (κ1) is 23.1. The summed E-state index contributed by atoms with van der Waals surface area (Å²) in [6.45, 7) is 1.41. The Morgan fingerprint density at radius 2 is 1.50 bits per heavy atom. The van der Waals surface area contributed by atoms with E-state index in [1.54, 1.807) is 24.3 Å². The van der Waals surface area contributed by atoms with Crippen LogP contribution in [0.25, 0.3) is 0 Å². The number of benzene rings is 2. The first-order valence-corrected chi connectivity index (χ1v) is 9.18. The molecule has 1 amide bonds. The maximum atomic E-state index is 11.9. The average molecular weight is 453 g/mol. The standard InChI is InChI=1S/C20H18Cl2N2O6/c1-11(25)23-12-4-6-14(7-5-12)30-19-15(21)8-13(9-16(19)22)24-17(20(27)29-3)10-18(26)28-2/h4-10,24H,1-3H3,(H,23,25)/b17-10+. The third kappa shape index (κ3) is 6.40. The summed E-state index contributed by atoms with van der Waals surface area (Å²) < 4.78 is 14.9. The Bertz CT molecular complexity index is 966. The highest BCUT2D eigenvalue weighted by molar-refractivity contribution is 6.37. The van der Waals surface area contributed by atoms with Gasteiger partial charge < -0.3 is 24.8 Å². The lowest BCUT2D eigenvalue weighted by Gasteiger charge is -2.14. The molecular weight excluding hydrogens is 435 g/mol. The van der Waals surface area contributed by atoms with E-state index in [2.05, 4.69) is 20.1 Å². The Morgan fingerprint density at radius 3 is 2.00 bits per heavy atom. The molecule has 0 saturated heterocycles. The Balaban J connectivity index is 2.24. The fraction of sp³-hybridized carbons (Fsp3) is 0.150. The zero-order valence-electron chi connectivity index (χ0n) is 16.2. The van der Waals surface area contributed by atoms with Crippen LogP contribution in [0.2, 0.25) is 10.0 Å². The molecule has 0 aliphatic carbocycles. The summed E-state index contributed by atoms with van der Waals surface area (Å²) in [5, 5.41) is 5.66. The number of hydrogen-bond donors (Lipinski definition) is 2. The van der Waals surface area contributed by atoms with Gasteiger partial charge in [-0.1, -0.05) is 23.2 Å². The minimum absolute atomic E-state index is 0.151. The SMILES string of the molecule is COC(=O)/C=C(/Nc1cc(Cl)c(Oc2ccc(NC(C)=O)cc2)c(Cl)c1)C(=O)OC. The molecule has 0 radical (unpaired) electrons. The van der Waals surface area contributed by atoms with E-state index in [1.165, 1.54) is 33.3 Å². The molecule has 2 aromatic rings. The van der Waals surface area contributed by atoms with Gasteiger partial charge in [-0.3, -0.25) is 4.79 Å². The topological polar surface area (TPSA) is 103 Å². The van der Waals surface area contributed by atoms with E-state index in [0.29, 0.717) is 17.1 Å². The minimum Gasteiger partial charge on any atom is -0.466 e. The number of esters is 2. The molecule has 158 valence electrons. The monoisotopic (exact) mass is 452 g/mol. The zero-order chi connectivity index (χ0) is 22.3. The third-order valence-electron chi connectivity index (χ3n) is 3.54. The Kier molecular flexibility index (Phi) is 8.08. The number of halogens is 2. The normalized spacial score (nSPS) is 10.8. The minimum atomic E-state index is -0.785. The van der Waals surface area contributed by atoms with Crippen LogP contribution in [0.5, 0.6) is 11.5 Å². The lowest BCUT2D eigenvalue weighted by molar-refractivity contribution is -0.138. The summed E-state index contributed by atoms with van der Waals surface area (Å²) in [6.07, 6.45) is 0.939. The summed E-state index contributed by atoms with van der Waals surface area (Å²) in [4.78, 5) is 34.4. The summed E-state index contributed by atoms with van der Waals surface area (Å²) in [5.41, 5.74) is 0.761. The number of anilines is 2. The van der Waals surface area contributed by atoms with Gasteiger partial charge in [0.2, 0.25) is 5.91 Å². The van der Waals surface area contributed by atoms with Crippen molar-refractivity contribution in [3.05, 3.63) is 58.2 Å². The number of amides is 1. The molecule has 0 unspecified atom stereocenters. The summed E-state index contributed by atoms with van der Waals surface area (Å²) >= 11 is 12.6.